The highest BCUT2D eigenvalue weighted by Gasteiger charge is 2.08. The number of aryl methyl sites for hydroxylation is 2. The topological polar surface area (TPSA) is 38.1 Å². The molecule has 5 heteroatoms. The van der Waals surface area contributed by atoms with Gasteiger partial charge in [0.05, 0.1) is 9.48 Å². The Hall–Kier alpha value is -0.650. The molecule has 0 amide bonds. The van der Waals surface area contributed by atoms with Crippen molar-refractivity contribution in [1.82, 2.24) is 10.5 Å². The predicted octanol–water partition coefficient (Wildman–Crippen LogP) is 3.41. The average Bonchev–Trinajstić information content (AvgIpc) is 2.78. The van der Waals surface area contributed by atoms with Crippen LogP contribution in [0, 0.1) is 13.8 Å². The summed E-state index contributed by atoms with van der Waals surface area (Å²) in [5, 5.41) is 7.31. The fourth-order valence-corrected chi connectivity index (χ4v) is 2.96. The van der Waals surface area contributed by atoms with Gasteiger partial charge in [-0.3, -0.25) is 0 Å². The summed E-state index contributed by atoms with van der Waals surface area (Å²) in [6, 6.07) is 4.19. The van der Waals surface area contributed by atoms with Crippen molar-refractivity contribution in [2.75, 3.05) is 0 Å². The van der Waals surface area contributed by atoms with Gasteiger partial charge in [0.15, 0.2) is 0 Å². The van der Waals surface area contributed by atoms with Gasteiger partial charge in [-0.1, -0.05) is 5.16 Å². The zero-order valence-corrected chi connectivity index (χ0v) is 11.6. The number of thiophene rings is 1. The Morgan fingerprint density at radius 3 is 2.75 bits per heavy atom. The first-order valence-electron chi connectivity index (χ1n) is 5.03. The SMILES string of the molecule is Cc1noc(C)c1CNCc1ccc(Br)s1. The van der Waals surface area contributed by atoms with Gasteiger partial charge in [0.2, 0.25) is 0 Å². The third-order valence-electron chi connectivity index (χ3n) is 2.41. The second kappa shape index (κ2) is 5.12. The molecule has 2 aromatic heterocycles. The fourth-order valence-electron chi connectivity index (χ4n) is 1.51. The molecular weight excluding hydrogens is 288 g/mol. The van der Waals surface area contributed by atoms with Crippen LogP contribution in [0.4, 0.5) is 0 Å². The quantitative estimate of drug-likeness (QED) is 0.940. The van der Waals surface area contributed by atoms with Crippen LogP contribution in [0.15, 0.2) is 20.4 Å². The summed E-state index contributed by atoms with van der Waals surface area (Å²) in [7, 11) is 0. The van der Waals surface area contributed by atoms with Gasteiger partial charge in [0.25, 0.3) is 0 Å². The smallest absolute Gasteiger partial charge is 0.138 e. The van der Waals surface area contributed by atoms with E-state index in [4.69, 9.17) is 4.52 Å². The summed E-state index contributed by atoms with van der Waals surface area (Å²) >= 11 is 5.20. The van der Waals surface area contributed by atoms with Gasteiger partial charge >= 0.3 is 0 Å². The molecule has 0 aliphatic carbocycles. The van der Waals surface area contributed by atoms with Gasteiger partial charge in [-0.2, -0.15) is 0 Å². The molecule has 16 heavy (non-hydrogen) atoms. The molecule has 0 unspecified atom stereocenters. The van der Waals surface area contributed by atoms with Crippen LogP contribution in [0.5, 0.6) is 0 Å². The monoisotopic (exact) mass is 300 g/mol. The Morgan fingerprint density at radius 2 is 2.19 bits per heavy atom. The molecule has 86 valence electrons. The molecule has 3 nitrogen and oxygen atoms in total. The molecule has 0 aliphatic heterocycles. The Balaban J connectivity index is 1.89. The van der Waals surface area contributed by atoms with Crippen molar-refractivity contribution in [3.63, 3.8) is 0 Å². The van der Waals surface area contributed by atoms with Gasteiger partial charge in [-0.15, -0.1) is 11.3 Å². The van der Waals surface area contributed by atoms with E-state index in [1.165, 1.54) is 8.66 Å². The Morgan fingerprint density at radius 1 is 1.38 bits per heavy atom. The molecule has 0 radical (unpaired) electrons. The van der Waals surface area contributed by atoms with Gasteiger partial charge < -0.3 is 9.84 Å². The summed E-state index contributed by atoms with van der Waals surface area (Å²) in [5.74, 6) is 0.900. The highest BCUT2D eigenvalue weighted by molar-refractivity contribution is 9.11. The number of hydrogen-bond acceptors (Lipinski definition) is 4. The summed E-state index contributed by atoms with van der Waals surface area (Å²) < 4.78 is 6.28. The minimum atomic E-state index is 0.802. The molecule has 0 saturated carbocycles. The van der Waals surface area contributed by atoms with E-state index in [1.54, 1.807) is 11.3 Å². The molecule has 1 N–H and O–H groups in total. The third kappa shape index (κ3) is 2.72. The molecule has 0 fully saturated rings. The van der Waals surface area contributed by atoms with Crippen LogP contribution >= 0.6 is 27.3 Å². The normalized spacial score (nSPS) is 10.9. The van der Waals surface area contributed by atoms with Crippen molar-refractivity contribution >= 4 is 27.3 Å². The predicted molar refractivity (Wildman–Crippen MR) is 68.5 cm³/mol. The molecule has 2 rings (SSSR count). The maximum Gasteiger partial charge on any atom is 0.138 e. The van der Waals surface area contributed by atoms with Crippen LogP contribution in [0.3, 0.4) is 0 Å². The van der Waals surface area contributed by atoms with Crippen molar-refractivity contribution in [3.05, 3.63) is 37.8 Å². The van der Waals surface area contributed by atoms with E-state index < -0.39 is 0 Å². The summed E-state index contributed by atoms with van der Waals surface area (Å²) in [4.78, 5) is 1.32. The highest BCUT2D eigenvalue weighted by atomic mass is 79.9. The summed E-state index contributed by atoms with van der Waals surface area (Å²) in [6.45, 7) is 5.59. The third-order valence-corrected chi connectivity index (χ3v) is 4.03. The van der Waals surface area contributed by atoms with Crippen LogP contribution < -0.4 is 5.32 Å². The first kappa shape index (κ1) is 11.8. The van der Waals surface area contributed by atoms with Gasteiger partial charge in [-0.05, 0) is 41.9 Å². The van der Waals surface area contributed by atoms with Gasteiger partial charge in [0.1, 0.15) is 5.76 Å². The number of rotatable bonds is 4. The van der Waals surface area contributed by atoms with Crippen molar-refractivity contribution in [3.8, 4) is 0 Å². The number of aromatic nitrogens is 1. The van der Waals surface area contributed by atoms with E-state index in [1.807, 2.05) is 13.8 Å². The maximum atomic E-state index is 5.11. The molecule has 0 saturated heterocycles. The van der Waals surface area contributed by atoms with Crippen LogP contribution in [0.1, 0.15) is 21.9 Å². The molecule has 2 heterocycles. The van der Waals surface area contributed by atoms with E-state index in [2.05, 4.69) is 38.5 Å². The van der Waals surface area contributed by atoms with E-state index in [0.717, 1.165) is 30.1 Å². The van der Waals surface area contributed by atoms with E-state index in [-0.39, 0.29) is 0 Å². The molecule has 0 spiro atoms. The minimum absolute atomic E-state index is 0.802. The maximum absolute atomic E-state index is 5.11. The Labute approximate surface area is 107 Å². The van der Waals surface area contributed by atoms with Crippen molar-refractivity contribution in [2.45, 2.75) is 26.9 Å². The zero-order valence-electron chi connectivity index (χ0n) is 9.21. The standard InChI is InChI=1S/C11H13BrN2OS/c1-7-10(8(2)15-14-7)6-13-5-9-3-4-11(12)16-9/h3-4,13H,5-6H2,1-2H3. The lowest BCUT2D eigenvalue weighted by Gasteiger charge is -2.02. The van der Waals surface area contributed by atoms with Crippen molar-refractivity contribution in [1.29, 1.82) is 0 Å². The zero-order chi connectivity index (χ0) is 11.5. The molecule has 2 aromatic rings. The first-order valence-corrected chi connectivity index (χ1v) is 6.64. The van der Waals surface area contributed by atoms with Crippen LogP contribution in [0.25, 0.3) is 0 Å². The van der Waals surface area contributed by atoms with Crippen LogP contribution in [0.2, 0.25) is 0 Å². The number of nitrogens with one attached hydrogen (secondary N) is 1. The summed E-state index contributed by atoms with van der Waals surface area (Å²) in [5.41, 5.74) is 2.13. The molecule has 0 atom stereocenters. The lowest BCUT2D eigenvalue weighted by molar-refractivity contribution is 0.392. The van der Waals surface area contributed by atoms with Gasteiger partial charge in [0, 0.05) is 23.5 Å². The Bertz CT molecular complexity index is 459. The largest absolute Gasteiger partial charge is 0.361 e. The first-order chi connectivity index (χ1) is 7.66. The molecule has 0 aliphatic rings. The number of hydrogen-bond donors (Lipinski definition) is 1. The second-order valence-electron chi connectivity index (χ2n) is 3.61. The van der Waals surface area contributed by atoms with Crippen LogP contribution in [-0.2, 0) is 13.1 Å². The van der Waals surface area contributed by atoms with Gasteiger partial charge in [-0.25, -0.2) is 0 Å². The lowest BCUT2D eigenvalue weighted by atomic mass is 10.2. The lowest BCUT2D eigenvalue weighted by Crippen LogP contribution is -2.12. The van der Waals surface area contributed by atoms with E-state index in [0.29, 0.717) is 0 Å². The molecule has 0 bridgehead atoms. The minimum Gasteiger partial charge on any atom is -0.361 e. The number of nitrogens with zero attached hydrogens (tertiary/aromatic N) is 1. The second-order valence-corrected chi connectivity index (χ2v) is 6.16. The Kier molecular flexibility index (Phi) is 3.78. The van der Waals surface area contributed by atoms with Crippen LogP contribution in [-0.4, -0.2) is 5.16 Å². The highest BCUT2D eigenvalue weighted by Crippen LogP contribution is 2.22. The molecule has 0 aromatic carbocycles. The summed E-state index contributed by atoms with van der Waals surface area (Å²) in [6.07, 6.45) is 0. The fraction of sp³-hybridized carbons (Fsp3) is 0.364. The number of halogens is 1. The van der Waals surface area contributed by atoms with E-state index in [9.17, 15) is 0 Å². The molecular formula is C11H13BrN2OS. The average molecular weight is 301 g/mol. The van der Waals surface area contributed by atoms with Crippen molar-refractivity contribution < 1.29 is 4.52 Å². The van der Waals surface area contributed by atoms with Crippen molar-refractivity contribution in [2.24, 2.45) is 0 Å². The van der Waals surface area contributed by atoms with E-state index >= 15 is 0 Å².